The van der Waals surface area contributed by atoms with Crippen molar-refractivity contribution in [1.82, 2.24) is 15.1 Å². The first-order chi connectivity index (χ1) is 11.2. The molecule has 0 spiro atoms. The molecule has 128 valence electrons. The molecule has 0 fully saturated rings. The van der Waals surface area contributed by atoms with Crippen LogP contribution in [0.4, 0.5) is 0 Å². The molecule has 0 bridgehead atoms. The molecule has 0 unspecified atom stereocenters. The van der Waals surface area contributed by atoms with Crippen LogP contribution in [0.15, 0.2) is 30.3 Å². The van der Waals surface area contributed by atoms with Gasteiger partial charge in [-0.2, -0.15) is 5.10 Å². The average Bonchev–Trinajstić information content (AvgIpc) is 2.87. The van der Waals surface area contributed by atoms with E-state index in [1.807, 2.05) is 25.1 Å². The third-order valence-corrected chi connectivity index (χ3v) is 3.94. The van der Waals surface area contributed by atoms with Crippen LogP contribution in [0, 0.1) is 6.92 Å². The second-order valence-electron chi connectivity index (χ2n) is 6.27. The molecule has 1 heterocycles. The zero-order valence-electron chi connectivity index (χ0n) is 13.8. The van der Waals surface area contributed by atoms with E-state index < -0.39 is 11.5 Å². The summed E-state index contributed by atoms with van der Waals surface area (Å²) in [6.45, 7) is 5.40. The Balaban J connectivity index is 2.19. The lowest BCUT2D eigenvalue weighted by molar-refractivity contribution is -0.137. The van der Waals surface area contributed by atoms with Gasteiger partial charge in [0.1, 0.15) is 0 Å². The number of carboxylic acid groups (broad SMARTS) is 1. The normalized spacial score (nSPS) is 11.3. The van der Waals surface area contributed by atoms with Gasteiger partial charge in [-0.1, -0.05) is 23.7 Å². The van der Waals surface area contributed by atoms with Crippen molar-refractivity contribution >= 4 is 23.5 Å². The molecule has 0 atom stereocenters. The summed E-state index contributed by atoms with van der Waals surface area (Å²) in [7, 11) is 0. The zero-order valence-corrected chi connectivity index (χ0v) is 14.6. The van der Waals surface area contributed by atoms with Crippen molar-refractivity contribution in [3.05, 3.63) is 46.7 Å². The van der Waals surface area contributed by atoms with E-state index in [1.165, 1.54) is 0 Å². The summed E-state index contributed by atoms with van der Waals surface area (Å²) in [6.07, 6.45) is 0.318. The lowest BCUT2D eigenvalue weighted by Gasteiger charge is -2.25. The molecule has 0 radical (unpaired) electrons. The van der Waals surface area contributed by atoms with Crippen molar-refractivity contribution in [2.24, 2.45) is 0 Å². The number of para-hydroxylation sites is 1. The van der Waals surface area contributed by atoms with Gasteiger partial charge in [0.2, 0.25) is 0 Å². The summed E-state index contributed by atoms with van der Waals surface area (Å²) in [4.78, 5) is 23.1. The lowest BCUT2D eigenvalue weighted by Crippen LogP contribution is -2.43. The van der Waals surface area contributed by atoms with Crippen LogP contribution in [0.1, 0.15) is 42.9 Å². The molecule has 24 heavy (non-hydrogen) atoms. The van der Waals surface area contributed by atoms with Crippen LogP contribution in [-0.2, 0) is 4.79 Å². The molecular weight excluding hydrogens is 330 g/mol. The second-order valence-corrected chi connectivity index (χ2v) is 6.67. The molecule has 0 saturated carbocycles. The van der Waals surface area contributed by atoms with E-state index in [0.29, 0.717) is 17.1 Å². The van der Waals surface area contributed by atoms with Gasteiger partial charge in [0, 0.05) is 17.7 Å². The minimum absolute atomic E-state index is 0.0135. The van der Waals surface area contributed by atoms with Crippen molar-refractivity contribution in [3.63, 3.8) is 0 Å². The number of carboxylic acids is 1. The number of carbonyl (C=O) groups is 2. The molecule has 1 amide bonds. The number of carbonyl (C=O) groups excluding carboxylic acids is 1. The fraction of sp³-hybridized carbons (Fsp3) is 0.353. The number of benzene rings is 1. The van der Waals surface area contributed by atoms with Crippen molar-refractivity contribution in [2.45, 2.75) is 39.2 Å². The number of amides is 1. The molecule has 7 heteroatoms. The van der Waals surface area contributed by atoms with Gasteiger partial charge in [-0.25, -0.2) is 4.68 Å². The Morgan fingerprint density at radius 1 is 1.33 bits per heavy atom. The fourth-order valence-corrected chi connectivity index (χ4v) is 2.52. The van der Waals surface area contributed by atoms with Crippen LogP contribution in [0.25, 0.3) is 5.69 Å². The molecule has 0 aliphatic rings. The van der Waals surface area contributed by atoms with E-state index in [9.17, 15) is 9.59 Å². The monoisotopic (exact) mass is 349 g/mol. The number of halogens is 1. The summed E-state index contributed by atoms with van der Waals surface area (Å²) in [5.41, 5.74) is 1.09. The van der Waals surface area contributed by atoms with Gasteiger partial charge in [-0.15, -0.1) is 0 Å². The van der Waals surface area contributed by atoms with Crippen molar-refractivity contribution in [3.8, 4) is 5.69 Å². The first-order valence-electron chi connectivity index (χ1n) is 7.55. The Labute approximate surface area is 145 Å². The lowest BCUT2D eigenvalue weighted by atomic mass is 9.98. The molecule has 2 N–H and O–H groups in total. The first-order valence-corrected chi connectivity index (χ1v) is 7.93. The van der Waals surface area contributed by atoms with Gasteiger partial charge < -0.3 is 10.4 Å². The maximum atomic E-state index is 12.4. The molecule has 0 aliphatic heterocycles. The summed E-state index contributed by atoms with van der Waals surface area (Å²) in [5.74, 6) is -1.24. The number of aryl methyl sites for hydroxylation is 1. The molecule has 1 aromatic heterocycles. The minimum atomic E-state index is -0.892. The fourth-order valence-electron chi connectivity index (χ4n) is 2.31. The standard InChI is InChI=1S/C17H20ClN3O3/c1-11-10-13(16(24)19-17(2,3)9-8-15(22)23)20-21(11)14-7-5-4-6-12(14)18/h4-7,10H,8-9H2,1-3H3,(H,19,24)(H,22,23). The van der Waals surface area contributed by atoms with Gasteiger partial charge in [0.15, 0.2) is 5.69 Å². The number of nitrogens with zero attached hydrogens (tertiary/aromatic N) is 2. The third kappa shape index (κ3) is 4.35. The number of hydrogen-bond donors (Lipinski definition) is 2. The highest BCUT2D eigenvalue weighted by molar-refractivity contribution is 6.32. The number of aliphatic carboxylic acids is 1. The summed E-state index contributed by atoms with van der Waals surface area (Å²) < 4.78 is 1.61. The van der Waals surface area contributed by atoms with Gasteiger partial charge in [0.05, 0.1) is 10.7 Å². The van der Waals surface area contributed by atoms with Crippen LogP contribution >= 0.6 is 11.6 Å². The molecule has 0 saturated heterocycles. The summed E-state index contributed by atoms with van der Waals surface area (Å²) >= 11 is 6.18. The average molecular weight is 350 g/mol. The number of hydrogen-bond acceptors (Lipinski definition) is 3. The van der Waals surface area contributed by atoms with Crippen LogP contribution in [0.5, 0.6) is 0 Å². The molecule has 0 aliphatic carbocycles. The van der Waals surface area contributed by atoms with Crippen molar-refractivity contribution in [1.29, 1.82) is 0 Å². The SMILES string of the molecule is Cc1cc(C(=O)NC(C)(C)CCC(=O)O)nn1-c1ccccc1Cl. The van der Waals surface area contributed by atoms with Gasteiger partial charge >= 0.3 is 5.97 Å². The van der Waals surface area contributed by atoms with Crippen LogP contribution < -0.4 is 5.32 Å². The highest BCUT2D eigenvalue weighted by atomic mass is 35.5. The van der Waals surface area contributed by atoms with Crippen LogP contribution in [-0.4, -0.2) is 32.3 Å². The van der Waals surface area contributed by atoms with E-state index >= 15 is 0 Å². The van der Waals surface area contributed by atoms with Crippen molar-refractivity contribution in [2.75, 3.05) is 0 Å². The first kappa shape index (κ1) is 18.0. The predicted molar refractivity (Wildman–Crippen MR) is 91.7 cm³/mol. The van der Waals surface area contributed by atoms with E-state index in [2.05, 4.69) is 10.4 Å². The van der Waals surface area contributed by atoms with E-state index in [-0.39, 0.29) is 18.0 Å². The van der Waals surface area contributed by atoms with Crippen LogP contribution in [0.3, 0.4) is 0 Å². The minimum Gasteiger partial charge on any atom is -0.481 e. The van der Waals surface area contributed by atoms with Gasteiger partial charge in [-0.05, 0) is 45.4 Å². The molecule has 2 rings (SSSR count). The van der Waals surface area contributed by atoms with E-state index in [0.717, 1.165) is 5.69 Å². The highest BCUT2D eigenvalue weighted by Crippen LogP contribution is 2.21. The second kappa shape index (κ2) is 7.05. The quantitative estimate of drug-likeness (QED) is 0.838. The summed E-state index contributed by atoms with van der Waals surface area (Å²) in [6, 6.07) is 8.92. The number of aromatic nitrogens is 2. The molecule has 2 aromatic rings. The smallest absolute Gasteiger partial charge is 0.303 e. The molecule has 1 aromatic carbocycles. The van der Waals surface area contributed by atoms with Crippen LogP contribution in [0.2, 0.25) is 5.02 Å². The molecular formula is C17H20ClN3O3. The van der Waals surface area contributed by atoms with E-state index in [4.69, 9.17) is 16.7 Å². The Morgan fingerprint density at radius 2 is 2.00 bits per heavy atom. The predicted octanol–water partition coefficient (Wildman–Crippen LogP) is 3.21. The van der Waals surface area contributed by atoms with Gasteiger partial charge in [0.25, 0.3) is 5.91 Å². The highest BCUT2D eigenvalue weighted by Gasteiger charge is 2.24. The maximum Gasteiger partial charge on any atom is 0.303 e. The number of rotatable bonds is 6. The topological polar surface area (TPSA) is 84.2 Å². The maximum absolute atomic E-state index is 12.4. The molecule has 6 nitrogen and oxygen atoms in total. The van der Waals surface area contributed by atoms with Crippen molar-refractivity contribution < 1.29 is 14.7 Å². The Hall–Kier alpha value is -2.34. The Bertz CT molecular complexity index is 768. The summed E-state index contributed by atoms with van der Waals surface area (Å²) in [5, 5.41) is 16.5. The number of nitrogens with one attached hydrogen (secondary N) is 1. The zero-order chi connectivity index (χ0) is 17.9. The van der Waals surface area contributed by atoms with Gasteiger partial charge in [-0.3, -0.25) is 9.59 Å². The Morgan fingerprint density at radius 3 is 2.62 bits per heavy atom. The third-order valence-electron chi connectivity index (χ3n) is 3.62. The van der Waals surface area contributed by atoms with E-state index in [1.54, 1.807) is 30.7 Å². The Kier molecular flexibility index (Phi) is 5.29. The largest absolute Gasteiger partial charge is 0.481 e.